The van der Waals surface area contributed by atoms with Gasteiger partial charge < -0.3 is 15.0 Å². The van der Waals surface area contributed by atoms with Crippen LogP contribution in [0.3, 0.4) is 0 Å². The Morgan fingerprint density at radius 3 is 2.58 bits per heavy atom. The van der Waals surface area contributed by atoms with E-state index in [1.165, 1.54) is 0 Å². The molecule has 0 aliphatic carbocycles. The van der Waals surface area contributed by atoms with E-state index in [1.54, 1.807) is 6.33 Å². The molecular weight excluding hydrogens is 324 g/mol. The standard InChI is InChI=1S/C21H24N4O/c1-2-6-18(7-3-1)26-15-12-22-17-10-13-25(14-11-17)21-19-8-4-5-9-20(19)23-16-24-21/h1-9,16-17,22H,10-15H2. The van der Waals surface area contributed by atoms with E-state index in [0.717, 1.165) is 54.9 Å². The highest BCUT2D eigenvalue weighted by Gasteiger charge is 2.21. The number of aromatic nitrogens is 2. The molecule has 2 heterocycles. The van der Waals surface area contributed by atoms with Gasteiger partial charge in [0.05, 0.1) is 5.52 Å². The Morgan fingerprint density at radius 1 is 0.962 bits per heavy atom. The maximum absolute atomic E-state index is 5.75. The van der Waals surface area contributed by atoms with Crippen molar-refractivity contribution in [3.05, 3.63) is 60.9 Å². The molecule has 5 heteroatoms. The smallest absolute Gasteiger partial charge is 0.139 e. The van der Waals surface area contributed by atoms with Crippen LogP contribution in [-0.4, -0.2) is 42.3 Å². The molecule has 0 saturated carbocycles. The van der Waals surface area contributed by atoms with E-state index in [9.17, 15) is 0 Å². The minimum Gasteiger partial charge on any atom is -0.492 e. The zero-order valence-corrected chi connectivity index (χ0v) is 14.8. The summed E-state index contributed by atoms with van der Waals surface area (Å²) in [6.07, 6.45) is 3.90. The molecule has 26 heavy (non-hydrogen) atoms. The van der Waals surface area contributed by atoms with Gasteiger partial charge in [0.2, 0.25) is 0 Å². The number of hydrogen-bond acceptors (Lipinski definition) is 5. The number of nitrogens with zero attached hydrogens (tertiary/aromatic N) is 3. The number of anilines is 1. The summed E-state index contributed by atoms with van der Waals surface area (Å²) in [6, 6.07) is 18.7. The van der Waals surface area contributed by atoms with Gasteiger partial charge in [-0.1, -0.05) is 30.3 Å². The van der Waals surface area contributed by atoms with Crippen molar-refractivity contribution in [1.82, 2.24) is 15.3 Å². The molecule has 0 spiro atoms. The van der Waals surface area contributed by atoms with Gasteiger partial charge in [-0.05, 0) is 37.1 Å². The number of hydrogen-bond donors (Lipinski definition) is 1. The fourth-order valence-electron chi connectivity index (χ4n) is 3.49. The molecule has 1 aliphatic heterocycles. The Bertz CT molecular complexity index is 826. The number of fused-ring (bicyclic) bond motifs is 1. The summed E-state index contributed by atoms with van der Waals surface area (Å²) < 4.78 is 5.75. The van der Waals surface area contributed by atoms with Crippen molar-refractivity contribution in [2.45, 2.75) is 18.9 Å². The first kappa shape index (κ1) is 16.8. The lowest BCUT2D eigenvalue weighted by molar-refractivity contribution is 0.296. The maximum atomic E-state index is 5.75. The summed E-state index contributed by atoms with van der Waals surface area (Å²) in [5, 5.41) is 4.75. The van der Waals surface area contributed by atoms with Crippen molar-refractivity contribution in [1.29, 1.82) is 0 Å². The fourth-order valence-corrected chi connectivity index (χ4v) is 3.49. The van der Waals surface area contributed by atoms with Gasteiger partial charge in [0.25, 0.3) is 0 Å². The summed E-state index contributed by atoms with van der Waals surface area (Å²) in [5.74, 6) is 1.99. The normalized spacial score (nSPS) is 15.3. The number of piperidine rings is 1. The third kappa shape index (κ3) is 3.94. The van der Waals surface area contributed by atoms with Gasteiger partial charge in [-0.2, -0.15) is 0 Å². The summed E-state index contributed by atoms with van der Waals surface area (Å²) in [4.78, 5) is 11.3. The Morgan fingerprint density at radius 2 is 1.73 bits per heavy atom. The van der Waals surface area contributed by atoms with Crippen molar-refractivity contribution < 1.29 is 4.74 Å². The van der Waals surface area contributed by atoms with E-state index >= 15 is 0 Å². The third-order valence-corrected chi connectivity index (χ3v) is 4.86. The van der Waals surface area contributed by atoms with E-state index in [-0.39, 0.29) is 0 Å². The van der Waals surface area contributed by atoms with Crippen LogP contribution in [0.15, 0.2) is 60.9 Å². The van der Waals surface area contributed by atoms with Crippen molar-refractivity contribution >= 4 is 16.7 Å². The maximum Gasteiger partial charge on any atom is 0.139 e. The molecule has 0 bridgehead atoms. The molecule has 0 radical (unpaired) electrons. The summed E-state index contributed by atoms with van der Waals surface area (Å²) >= 11 is 0. The lowest BCUT2D eigenvalue weighted by Gasteiger charge is -2.33. The number of ether oxygens (including phenoxy) is 1. The van der Waals surface area contributed by atoms with Crippen molar-refractivity contribution in [3.63, 3.8) is 0 Å². The van der Waals surface area contributed by atoms with Crippen LogP contribution in [0.2, 0.25) is 0 Å². The molecule has 0 atom stereocenters. The molecule has 0 amide bonds. The monoisotopic (exact) mass is 348 g/mol. The first-order valence-corrected chi connectivity index (χ1v) is 9.26. The molecule has 1 N–H and O–H groups in total. The molecular formula is C21H24N4O. The van der Waals surface area contributed by atoms with Crippen molar-refractivity contribution in [2.24, 2.45) is 0 Å². The molecule has 3 aromatic rings. The number of rotatable bonds is 6. The van der Waals surface area contributed by atoms with E-state index in [2.05, 4.69) is 32.3 Å². The lowest BCUT2D eigenvalue weighted by Crippen LogP contribution is -2.44. The lowest BCUT2D eigenvalue weighted by atomic mass is 10.0. The van der Waals surface area contributed by atoms with Gasteiger partial charge >= 0.3 is 0 Å². The average molecular weight is 348 g/mol. The van der Waals surface area contributed by atoms with Crippen molar-refractivity contribution in [3.8, 4) is 5.75 Å². The summed E-state index contributed by atoms with van der Waals surface area (Å²) in [6.45, 7) is 3.59. The van der Waals surface area contributed by atoms with Crippen LogP contribution in [0.1, 0.15) is 12.8 Å². The zero-order valence-electron chi connectivity index (χ0n) is 14.8. The molecule has 134 valence electrons. The fraction of sp³-hybridized carbons (Fsp3) is 0.333. The predicted octanol–water partition coefficient (Wildman–Crippen LogP) is 3.27. The van der Waals surface area contributed by atoms with Gasteiger partial charge in [0.1, 0.15) is 24.5 Å². The van der Waals surface area contributed by atoms with Crippen LogP contribution < -0.4 is 15.0 Å². The minimum absolute atomic E-state index is 0.540. The number of nitrogens with one attached hydrogen (secondary N) is 1. The van der Waals surface area contributed by atoms with Crippen LogP contribution in [0.4, 0.5) is 5.82 Å². The second kappa shape index (κ2) is 8.15. The molecule has 5 nitrogen and oxygen atoms in total. The van der Waals surface area contributed by atoms with Crippen LogP contribution >= 0.6 is 0 Å². The Hall–Kier alpha value is -2.66. The van der Waals surface area contributed by atoms with Gasteiger partial charge in [0.15, 0.2) is 0 Å². The first-order chi connectivity index (χ1) is 12.9. The second-order valence-corrected chi connectivity index (χ2v) is 6.59. The average Bonchev–Trinajstić information content (AvgIpc) is 2.72. The highest BCUT2D eigenvalue weighted by atomic mass is 16.5. The van der Waals surface area contributed by atoms with Crippen LogP contribution in [0.5, 0.6) is 5.75 Å². The van der Waals surface area contributed by atoms with Gasteiger partial charge in [0, 0.05) is 31.1 Å². The van der Waals surface area contributed by atoms with Crippen LogP contribution in [0, 0.1) is 0 Å². The molecule has 4 rings (SSSR count). The van der Waals surface area contributed by atoms with Gasteiger partial charge in [-0.3, -0.25) is 0 Å². The van der Waals surface area contributed by atoms with Crippen LogP contribution in [-0.2, 0) is 0 Å². The Labute approximate surface area is 154 Å². The number of para-hydroxylation sites is 2. The summed E-state index contributed by atoms with van der Waals surface area (Å²) in [5.41, 5.74) is 1.01. The van der Waals surface area contributed by atoms with Crippen molar-refractivity contribution in [2.75, 3.05) is 31.1 Å². The predicted molar refractivity (Wildman–Crippen MR) is 105 cm³/mol. The zero-order chi connectivity index (χ0) is 17.6. The van der Waals surface area contributed by atoms with E-state index in [0.29, 0.717) is 12.6 Å². The molecule has 1 aromatic heterocycles. The summed E-state index contributed by atoms with van der Waals surface area (Å²) in [7, 11) is 0. The molecule has 1 saturated heterocycles. The Kier molecular flexibility index (Phi) is 5.26. The molecule has 1 aliphatic rings. The highest BCUT2D eigenvalue weighted by Crippen LogP contribution is 2.25. The SMILES string of the molecule is c1ccc(OCCNC2CCN(c3ncnc4ccccc34)CC2)cc1. The van der Waals surface area contributed by atoms with E-state index in [4.69, 9.17) is 4.74 Å². The van der Waals surface area contributed by atoms with Crippen LogP contribution in [0.25, 0.3) is 10.9 Å². The van der Waals surface area contributed by atoms with E-state index < -0.39 is 0 Å². The largest absolute Gasteiger partial charge is 0.492 e. The first-order valence-electron chi connectivity index (χ1n) is 9.26. The van der Waals surface area contributed by atoms with Gasteiger partial charge in [-0.15, -0.1) is 0 Å². The number of benzene rings is 2. The van der Waals surface area contributed by atoms with E-state index in [1.807, 2.05) is 42.5 Å². The quantitative estimate of drug-likeness (QED) is 0.693. The molecule has 2 aromatic carbocycles. The topological polar surface area (TPSA) is 50.3 Å². The second-order valence-electron chi connectivity index (χ2n) is 6.59. The molecule has 0 unspecified atom stereocenters. The Balaban J connectivity index is 1.26. The third-order valence-electron chi connectivity index (χ3n) is 4.86. The highest BCUT2D eigenvalue weighted by molar-refractivity contribution is 5.89. The van der Waals surface area contributed by atoms with Gasteiger partial charge in [-0.25, -0.2) is 9.97 Å². The molecule has 1 fully saturated rings. The minimum atomic E-state index is 0.540.